The van der Waals surface area contributed by atoms with Gasteiger partial charge in [-0.3, -0.25) is 4.21 Å². The van der Waals surface area contributed by atoms with Crippen LogP contribution in [0.2, 0.25) is 5.02 Å². The highest BCUT2D eigenvalue weighted by atomic mass is 35.5. The van der Waals surface area contributed by atoms with E-state index in [1.54, 1.807) is 25.3 Å². The second-order valence-electron chi connectivity index (χ2n) is 4.46. The summed E-state index contributed by atoms with van der Waals surface area (Å²) in [5.74, 6) is 0.877. The van der Waals surface area contributed by atoms with Crippen molar-refractivity contribution in [1.29, 1.82) is 0 Å². The van der Waals surface area contributed by atoms with E-state index < -0.39 is 11.3 Å². The molecule has 0 fully saturated rings. The van der Waals surface area contributed by atoms with Crippen molar-refractivity contribution >= 4 is 45.6 Å². The highest BCUT2D eigenvalue weighted by Gasteiger charge is 2.11. The molecular formula is C14H13ClNO3S2-. The Bertz CT molecular complexity index is 671. The van der Waals surface area contributed by atoms with Gasteiger partial charge in [-0.25, -0.2) is 0 Å². The second-order valence-corrected chi connectivity index (χ2v) is 6.15. The molecule has 1 aromatic heterocycles. The van der Waals surface area contributed by atoms with Crippen molar-refractivity contribution in [3.05, 3.63) is 52.4 Å². The number of aryl methyl sites for hydroxylation is 2. The first-order valence-electron chi connectivity index (χ1n) is 6.19. The average molecular weight is 343 g/mol. The lowest BCUT2D eigenvalue weighted by molar-refractivity contribution is 0.508. The molecule has 0 bridgehead atoms. The summed E-state index contributed by atoms with van der Waals surface area (Å²) in [6.07, 6.45) is 3.06. The standard InChI is InChI=1S/C14H14ClNO3S2/c1-9(20)12-8-14(16-21(17)18)13(15)7-10(12)4-5-11-3-2-6-19-11/h2-3,6-8,16H,4-5H2,1H3,(H,17,18)/p-1. The van der Waals surface area contributed by atoms with Crippen LogP contribution in [0.25, 0.3) is 0 Å². The predicted octanol–water partition coefficient (Wildman–Crippen LogP) is 3.66. The summed E-state index contributed by atoms with van der Waals surface area (Å²) in [7, 11) is 0. The van der Waals surface area contributed by atoms with E-state index in [9.17, 15) is 8.76 Å². The number of benzene rings is 1. The number of halogens is 1. The fraction of sp³-hybridized carbons (Fsp3) is 0.214. The summed E-state index contributed by atoms with van der Waals surface area (Å²) in [6.45, 7) is 1.80. The van der Waals surface area contributed by atoms with Crippen molar-refractivity contribution in [2.24, 2.45) is 0 Å². The monoisotopic (exact) mass is 342 g/mol. The summed E-state index contributed by atoms with van der Waals surface area (Å²) in [6, 6.07) is 7.15. The van der Waals surface area contributed by atoms with Gasteiger partial charge in [-0.2, -0.15) is 0 Å². The van der Waals surface area contributed by atoms with Gasteiger partial charge in [0.2, 0.25) is 0 Å². The zero-order valence-electron chi connectivity index (χ0n) is 11.2. The number of thiocarbonyl (C=S) groups is 1. The SMILES string of the molecule is CC(=S)c1cc(NS(=O)[O-])c(Cl)cc1CCc1ccco1. The molecule has 1 unspecified atom stereocenters. The molecule has 1 heterocycles. The number of rotatable bonds is 6. The van der Waals surface area contributed by atoms with Crippen molar-refractivity contribution in [2.75, 3.05) is 4.72 Å². The van der Waals surface area contributed by atoms with Gasteiger partial charge in [0, 0.05) is 22.6 Å². The third-order valence-electron chi connectivity index (χ3n) is 2.99. The van der Waals surface area contributed by atoms with Crippen LogP contribution < -0.4 is 4.72 Å². The maximum absolute atomic E-state index is 10.8. The average Bonchev–Trinajstić information content (AvgIpc) is 2.91. The smallest absolute Gasteiger partial charge is 0.104 e. The second kappa shape index (κ2) is 7.17. The molecule has 1 N–H and O–H groups in total. The van der Waals surface area contributed by atoms with Gasteiger partial charge in [0.25, 0.3) is 0 Å². The molecule has 0 aliphatic carbocycles. The molecule has 112 valence electrons. The van der Waals surface area contributed by atoms with Crippen molar-refractivity contribution in [3.8, 4) is 0 Å². The first-order chi connectivity index (χ1) is 9.97. The minimum absolute atomic E-state index is 0.325. The Hall–Kier alpha value is -1.21. The van der Waals surface area contributed by atoms with Crippen molar-refractivity contribution < 1.29 is 13.2 Å². The van der Waals surface area contributed by atoms with Gasteiger partial charge in [-0.1, -0.05) is 23.8 Å². The summed E-state index contributed by atoms with van der Waals surface area (Å²) in [4.78, 5) is 0.681. The van der Waals surface area contributed by atoms with Gasteiger partial charge in [0.1, 0.15) is 5.76 Å². The normalized spacial score (nSPS) is 12.1. The molecule has 0 aliphatic heterocycles. The lowest BCUT2D eigenvalue weighted by Gasteiger charge is -2.15. The van der Waals surface area contributed by atoms with Crippen molar-refractivity contribution in [3.63, 3.8) is 0 Å². The summed E-state index contributed by atoms with van der Waals surface area (Å²) in [5.41, 5.74) is 2.10. The first kappa shape index (κ1) is 16.2. The van der Waals surface area contributed by atoms with Gasteiger partial charge in [0.15, 0.2) is 0 Å². The van der Waals surface area contributed by atoms with E-state index in [1.807, 2.05) is 12.1 Å². The molecule has 1 atom stereocenters. The maximum Gasteiger partial charge on any atom is 0.104 e. The zero-order valence-corrected chi connectivity index (χ0v) is 13.6. The van der Waals surface area contributed by atoms with Crippen LogP contribution in [0.4, 0.5) is 5.69 Å². The minimum Gasteiger partial charge on any atom is -0.755 e. The van der Waals surface area contributed by atoms with Crippen LogP contribution in [0.15, 0.2) is 34.9 Å². The van der Waals surface area contributed by atoms with Crippen LogP contribution in [0.5, 0.6) is 0 Å². The molecule has 1 aromatic carbocycles. The Morgan fingerprint density at radius 1 is 1.48 bits per heavy atom. The summed E-state index contributed by atoms with van der Waals surface area (Å²) >= 11 is 8.91. The van der Waals surface area contributed by atoms with E-state index in [2.05, 4.69) is 4.72 Å². The van der Waals surface area contributed by atoms with Crippen LogP contribution in [0.3, 0.4) is 0 Å². The zero-order chi connectivity index (χ0) is 15.4. The summed E-state index contributed by atoms with van der Waals surface area (Å²) in [5, 5.41) is 0.341. The quantitative estimate of drug-likeness (QED) is 0.494. The topological polar surface area (TPSA) is 65.3 Å². The van der Waals surface area contributed by atoms with E-state index >= 15 is 0 Å². The molecule has 0 amide bonds. The largest absolute Gasteiger partial charge is 0.755 e. The molecule has 0 radical (unpaired) electrons. The predicted molar refractivity (Wildman–Crippen MR) is 87.5 cm³/mol. The summed E-state index contributed by atoms with van der Waals surface area (Å²) < 4.78 is 29.1. The number of hydrogen-bond acceptors (Lipinski definition) is 4. The van der Waals surface area contributed by atoms with Crippen molar-refractivity contribution in [2.45, 2.75) is 19.8 Å². The highest BCUT2D eigenvalue weighted by Crippen LogP contribution is 2.28. The highest BCUT2D eigenvalue weighted by molar-refractivity contribution is 7.81. The van der Waals surface area contributed by atoms with E-state index in [0.29, 0.717) is 22.0 Å². The Morgan fingerprint density at radius 3 is 2.81 bits per heavy atom. The van der Waals surface area contributed by atoms with E-state index in [4.69, 9.17) is 28.2 Å². The van der Waals surface area contributed by atoms with Crippen molar-refractivity contribution in [1.82, 2.24) is 0 Å². The first-order valence-corrected chi connectivity index (χ1v) is 8.05. The van der Waals surface area contributed by atoms with Gasteiger partial charge in [-0.15, -0.1) is 0 Å². The molecule has 4 nitrogen and oxygen atoms in total. The molecule has 2 rings (SSSR count). The number of furan rings is 1. The van der Waals surface area contributed by atoms with E-state index in [-0.39, 0.29) is 0 Å². The van der Waals surface area contributed by atoms with Gasteiger partial charge in [0.05, 0.1) is 17.0 Å². The third-order valence-corrected chi connectivity index (χ3v) is 3.91. The van der Waals surface area contributed by atoms with Crippen LogP contribution in [0.1, 0.15) is 23.8 Å². The Kier molecular flexibility index (Phi) is 5.52. The Balaban J connectivity index is 2.29. The Morgan fingerprint density at radius 2 is 2.24 bits per heavy atom. The number of anilines is 1. The molecule has 0 aliphatic rings. The van der Waals surface area contributed by atoms with Gasteiger partial charge in [-0.05, 0) is 48.7 Å². The van der Waals surface area contributed by atoms with Crippen LogP contribution in [-0.4, -0.2) is 13.6 Å². The maximum atomic E-state index is 10.8. The number of nitrogens with one attached hydrogen (secondary N) is 1. The molecule has 7 heteroatoms. The molecule has 2 aromatic rings. The van der Waals surface area contributed by atoms with Crippen LogP contribution in [0, 0.1) is 0 Å². The molecule has 0 saturated heterocycles. The van der Waals surface area contributed by atoms with E-state index in [0.717, 1.165) is 23.3 Å². The molecule has 21 heavy (non-hydrogen) atoms. The lowest BCUT2D eigenvalue weighted by Crippen LogP contribution is -2.07. The van der Waals surface area contributed by atoms with Gasteiger partial charge < -0.3 is 13.7 Å². The number of hydrogen-bond donors (Lipinski definition) is 1. The fourth-order valence-corrected chi connectivity index (χ4v) is 2.86. The fourth-order valence-electron chi connectivity index (χ4n) is 2.03. The lowest BCUT2D eigenvalue weighted by atomic mass is 9.99. The van der Waals surface area contributed by atoms with Crippen LogP contribution in [-0.2, 0) is 24.1 Å². The van der Waals surface area contributed by atoms with Crippen LogP contribution >= 0.6 is 23.8 Å². The minimum atomic E-state index is -2.43. The van der Waals surface area contributed by atoms with E-state index in [1.165, 1.54) is 0 Å². The van der Waals surface area contributed by atoms with Gasteiger partial charge >= 0.3 is 0 Å². The molecular weight excluding hydrogens is 330 g/mol. The Labute approximate surface area is 135 Å². The molecule has 0 saturated carbocycles. The third kappa shape index (κ3) is 4.38. The molecule has 0 spiro atoms.